The lowest BCUT2D eigenvalue weighted by Crippen LogP contribution is -2.36. The quantitative estimate of drug-likeness (QED) is 0.368. The number of ether oxygens (including phenoxy) is 4. The molecule has 9 nitrogen and oxygen atoms in total. The Kier molecular flexibility index (Phi) is 9.38. The first-order valence-electron chi connectivity index (χ1n) is 12.4. The third-order valence-corrected chi connectivity index (χ3v) is 6.71. The van der Waals surface area contributed by atoms with Gasteiger partial charge in [0.2, 0.25) is 5.91 Å². The van der Waals surface area contributed by atoms with Gasteiger partial charge in [0.05, 0.1) is 53.0 Å². The average molecular weight is 554 g/mol. The van der Waals surface area contributed by atoms with Crippen LogP contribution < -0.4 is 29.1 Å². The van der Waals surface area contributed by atoms with E-state index in [4.69, 9.17) is 35.4 Å². The van der Waals surface area contributed by atoms with E-state index < -0.39 is 5.92 Å². The van der Waals surface area contributed by atoms with Gasteiger partial charge in [-0.1, -0.05) is 35.0 Å². The number of carbonyl (C=O) groups is 1. The molecular formula is C29H32ClN3O6. The minimum Gasteiger partial charge on any atom is -0.496 e. The molecule has 0 radical (unpaired) electrons. The molecule has 0 aromatic heterocycles. The van der Waals surface area contributed by atoms with Crippen LogP contribution in [0.4, 0.5) is 0 Å². The number of rotatable bonds is 10. The van der Waals surface area contributed by atoms with Crippen LogP contribution in [0.25, 0.3) is 0 Å². The van der Waals surface area contributed by atoms with Gasteiger partial charge < -0.3 is 34.0 Å². The second-order valence-corrected chi connectivity index (χ2v) is 9.31. The lowest BCUT2D eigenvalue weighted by atomic mass is 9.97. The highest BCUT2D eigenvalue weighted by Crippen LogP contribution is 2.36. The van der Waals surface area contributed by atoms with E-state index in [1.165, 1.54) is 0 Å². The van der Waals surface area contributed by atoms with E-state index in [0.29, 0.717) is 59.1 Å². The maximum absolute atomic E-state index is 13.3. The number of para-hydroxylation sites is 1. The molecule has 1 amide bonds. The Morgan fingerprint density at radius 2 is 1.59 bits per heavy atom. The minimum absolute atomic E-state index is 0.111. The highest BCUT2D eigenvalue weighted by atomic mass is 35.5. The summed E-state index contributed by atoms with van der Waals surface area (Å²) in [4.78, 5) is 21.0. The molecule has 1 atom stereocenters. The third-order valence-electron chi connectivity index (χ3n) is 6.47. The van der Waals surface area contributed by atoms with Gasteiger partial charge in [-0.3, -0.25) is 4.79 Å². The van der Waals surface area contributed by atoms with Crippen LogP contribution in [0.5, 0.6) is 28.7 Å². The van der Waals surface area contributed by atoms with Gasteiger partial charge in [-0.25, -0.2) is 0 Å². The maximum atomic E-state index is 13.3. The summed E-state index contributed by atoms with van der Waals surface area (Å²) in [5.74, 6) is 3.04. The number of hydrogen-bond acceptors (Lipinski definition) is 7. The van der Waals surface area contributed by atoms with Crippen molar-refractivity contribution < 1.29 is 28.6 Å². The number of methoxy groups -OCH3 is 4. The molecule has 1 aliphatic rings. The summed E-state index contributed by atoms with van der Waals surface area (Å²) in [6.45, 7) is 0.859. The molecule has 10 heteroatoms. The zero-order chi connectivity index (χ0) is 27.8. The molecule has 1 N–H and O–H groups in total. The zero-order valence-electron chi connectivity index (χ0n) is 22.4. The van der Waals surface area contributed by atoms with E-state index >= 15 is 0 Å². The van der Waals surface area contributed by atoms with E-state index in [-0.39, 0.29) is 12.5 Å². The smallest absolute Gasteiger partial charge is 0.225 e. The van der Waals surface area contributed by atoms with Crippen molar-refractivity contribution in [1.29, 1.82) is 0 Å². The number of oxime groups is 1. The van der Waals surface area contributed by atoms with Crippen molar-refractivity contribution in [1.82, 2.24) is 10.2 Å². The second-order valence-electron chi connectivity index (χ2n) is 8.88. The summed E-state index contributed by atoms with van der Waals surface area (Å²) in [6.07, 6.45) is 0.412. The third kappa shape index (κ3) is 6.86. The fourth-order valence-electron chi connectivity index (χ4n) is 4.46. The van der Waals surface area contributed by atoms with Crippen molar-refractivity contribution in [2.45, 2.75) is 13.0 Å². The van der Waals surface area contributed by atoms with Crippen LogP contribution >= 0.6 is 11.6 Å². The Bertz CT molecular complexity index is 1290. The number of carbonyl (C=O) groups excluding carboxylic acids is 1. The molecule has 0 spiro atoms. The standard InChI is InChI=1S/C29H32ClN3O6/c1-35-23-14-26(37-3)24(27(15-23)38-4)18-33-17-20(12-19-13-21(30)10-11-25(19)36-2)29(34)31-16-28(33)32-39-22-8-6-5-7-9-22/h5-11,13-15,20H,12,16-18H2,1-4H3,(H,31,34)/b32-28+/t20-/m1/s1. The highest BCUT2D eigenvalue weighted by molar-refractivity contribution is 6.30. The Labute approximate surface area is 233 Å². The predicted octanol–water partition coefficient (Wildman–Crippen LogP) is 4.56. The number of benzene rings is 3. The largest absolute Gasteiger partial charge is 0.496 e. The molecule has 1 heterocycles. The molecular weight excluding hydrogens is 522 g/mol. The van der Waals surface area contributed by atoms with Crippen molar-refractivity contribution >= 4 is 23.3 Å². The van der Waals surface area contributed by atoms with Crippen molar-refractivity contribution in [3.05, 3.63) is 76.8 Å². The number of nitrogens with one attached hydrogen (secondary N) is 1. The van der Waals surface area contributed by atoms with E-state index in [9.17, 15) is 4.79 Å². The van der Waals surface area contributed by atoms with Crippen molar-refractivity contribution in [3.63, 3.8) is 0 Å². The van der Waals surface area contributed by atoms with Crippen LogP contribution in [0.15, 0.2) is 65.8 Å². The van der Waals surface area contributed by atoms with Crippen LogP contribution in [0.2, 0.25) is 5.02 Å². The number of amidine groups is 1. The summed E-state index contributed by atoms with van der Waals surface area (Å²) < 4.78 is 22.3. The second kappa shape index (κ2) is 13.1. The van der Waals surface area contributed by atoms with Crippen molar-refractivity contribution in [3.8, 4) is 28.7 Å². The average Bonchev–Trinajstić information content (AvgIpc) is 3.10. The van der Waals surface area contributed by atoms with Gasteiger partial charge in [-0.2, -0.15) is 0 Å². The summed E-state index contributed by atoms with van der Waals surface area (Å²) in [5, 5.41) is 8.00. The van der Waals surface area contributed by atoms with Gasteiger partial charge in [-0.15, -0.1) is 0 Å². The SMILES string of the molecule is COc1cc(OC)c(CN2C[C@@H](Cc3cc(Cl)ccc3OC)C(=O)NC/C2=N\Oc2ccccc2)c(OC)c1. The molecule has 1 saturated heterocycles. The summed E-state index contributed by atoms with van der Waals surface area (Å²) in [7, 11) is 6.36. The molecule has 1 fully saturated rings. The number of amides is 1. The summed E-state index contributed by atoms with van der Waals surface area (Å²) in [6, 6.07) is 18.2. The first kappa shape index (κ1) is 27.9. The van der Waals surface area contributed by atoms with Gasteiger partial charge in [0.1, 0.15) is 23.0 Å². The Balaban J connectivity index is 1.71. The van der Waals surface area contributed by atoms with Crippen LogP contribution in [0, 0.1) is 5.92 Å². The lowest BCUT2D eigenvalue weighted by Gasteiger charge is -2.27. The number of hydrogen-bond donors (Lipinski definition) is 1. The van der Waals surface area contributed by atoms with Gasteiger partial charge in [0.15, 0.2) is 11.6 Å². The molecule has 206 valence electrons. The van der Waals surface area contributed by atoms with Crippen LogP contribution in [0.1, 0.15) is 11.1 Å². The van der Waals surface area contributed by atoms with Gasteiger partial charge >= 0.3 is 0 Å². The van der Waals surface area contributed by atoms with E-state index in [1.54, 1.807) is 52.7 Å². The molecule has 1 aliphatic heterocycles. The van der Waals surface area contributed by atoms with Gasteiger partial charge in [0.25, 0.3) is 0 Å². The van der Waals surface area contributed by atoms with E-state index in [2.05, 4.69) is 10.5 Å². The fourth-order valence-corrected chi connectivity index (χ4v) is 4.66. The topological polar surface area (TPSA) is 90.9 Å². The first-order valence-corrected chi connectivity index (χ1v) is 12.8. The van der Waals surface area contributed by atoms with Crippen LogP contribution in [-0.2, 0) is 17.8 Å². The fraction of sp³-hybridized carbons (Fsp3) is 0.310. The van der Waals surface area contributed by atoms with Crippen LogP contribution in [-0.4, -0.2) is 58.2 Å². The van der Waals surface area contributed by atoms with E-state index in [0.717, 1.165) is 11.1 Å². The molecule has 0 saturated carbocycles. The molecule has 4 rings (SSSR count). The van der Waals surface area contributed by atoms with Gasteiger partial charge in [-0.05, 0) is 42.3 Å². The monoisotopic (exact) mass is 553 g/mol. The maximum Gasteiger partial charge on any atom is 0.225 e. The van der Waals surface area contributed by atoms with E-state index in [1.807, 2.05) is 41.3 Å². The minimum atomic E-state index is -0.433. The Morgan fingerprint density at radius 1 is 0.897 bits per heavy atom. The predicted molar refractivity (Wildman–Crippen MR) is 149 cm³/mol. The highest BCUT2D eigenvalue weighted by Gasteiger charge is 2.31. The van der Waals surface area contributed by atoms with Crippen LogP contribution in [0.3, 0.4) is 0 Å². The summed E-state index contributed by atoms with van der Waals surface area (Å²) in [5.41, 5.74) is 1.62. The van der Waals surface area contributed by atoms with Crippen molar-refractivity contribution in [2.75, 3.05) is 41.5 Å². The Morgan fingerprint density at radius 3 is 2.23 bits per heavy atom. The molecule has 0 bridgehead atoms. The number of nitrogens with zero attached hydrogens (tertiary/aromatic N) is 2. The number of halogens is 1. The Hall–Kier alpha value is -4.11. The molecule has 3 aromatic carbocycles. The van der Waals surface area contributed by atoms with Gasteiger partial charge in [0, 0.05) is 23.7 Å². The zero-order valence-corrected chi connectivity index (χ0v) is 23.2. The molecule has 0 unspecified atom stereocenters. The van der Waals surface area contributed by atoms with Crippen molar-refractivity contribution in [2.24, 2.45) is 11.1 Å². The molecule has 0 aliphatic carbocycles. The molecule has 3 aromatic rings. The lowest BCUT2D eigenvalue weighted by molar-refractivity contribution is -0.124. The molecule has 39 heavy (non-hydrogen) atoms. The summed E-state index contributed by atoms with van der Waals surface area (Å²) >= 11 is 6.27. The normalized spacial score (nSPS) is 16.3. The first-order chi connectivity index (χ1) is 18.9.